The van der Waals surface area contributed by atoms with Crippen molar-refractivity contribution in [3.05, 3.63) is 0 Å². The van der Waals surface area contributed by atoms with Crippen molar-refractivity contribution in [3.63, 3.8) is 0 Å². The number of hydrogen-bond acceptors (Lipinski definition) is 6. The number of unbranched alkanes of at least 4 members (excludes halogenated alkanes) is 39. The lowest BCUT2D eigenvalue weighted by molar-refractivity contribution is -0.167. The zero-order valence-corrected chi connectivity index (χ0v) is 45.3. The van der Waals surface area contributed by atoms with Crippen molar-refractivity contribution in [2.75, 3.05) is 13.2 Å². The normalized spacial score (nSPS) is 12.0. The summed E-state index contributed by atoms with van der Waals surface area (Å²) in [6, 6.07) is 0. The minimum atomic E-state index is -0.763. The fraction of sp³-hybridized carbons (Fsp3) is 0.950. The van der Waals surface area contributed by atoms with Crippen LogP contribution in [0, 0.1) is 11.8 Å². The first-order valence-corrected chi connectivity index (χ1v) is 29.7. The van der Waals surface area contributed by atoms with E-state index >= 15 is 0 Å². The van der Waals surface area contributed by atoms with E-state index in [2.05, 4.69) is 34.6 Å². The molecular weight excluding hydrogens is 817 g/mol. The minimum absolute atomic E-state index is 0.0628. The van der Waals surface area contributed by atoms with Gasteiger partial charge in [0.15, 0.2) is 6.10 Å². The first kappa shape index (κ1) is 64.4. The van der Waals surface area contributed by atoms with Crippen molar-refractivity contribution in [2.45, 2.75) is 343 Å². The van der Waals surface area contributed by atoms with Gasteiger partial charge in [0.05, 0.1) is 0 Å². The van der Waals surface area contributed by atoms with Gasteiger partial charge in [0.2, 0.25) is 0 Å². The largest absolute Gasteiger partial charge is 0.462 e. The quantitative estimate of drug-likeness (QED) is 0.0343. The summed E-state index contributed by atoms with van der Waals surface area (Å²) in [6.07, 6.45) is 56.8. The molecule has 0 unspecified atom stereocenters. The first-order valence-electron chi connectivity index (χ1n) is 29.7. The minimum Gasteiger partial charge on any atom is -0.462 e. The van der Waals surface area contributed by atoms with Crippen molar-refractivity contribution in [3.8, 4) is 0 Å². The summed E-state index contributed by atoms with van der Waals surface area (Å²) < 4.78 is 16.9. The van der Waals surface area contributed by atoms with Crippen LogP contribution in [0.1, 0.15) is 336 Å². The monoisotopic (exact) mass is 933 g/mol. The summed E-state index contributed by atoms with van der Waals surface area (Å²) in [4.78, 5) is 38.1. The molecular formula is C60H116O6. The van der Waals surface area contributed by atoms with Gasteiger partial charge in [-0.2, -0.15) is 0 Å². The van der Waals surface area contributed by atoms with Gasteiger partial charge in [0.1, 0.15) is 13.2 Å². The Morgan fingerprint density at radius 1 is 0.288 bits per heavy atom. The molecule has 0 saturated carbocycles. The Kier molecular flexibility index (Phi) is 51.5. The van der Waals surface area contributed by atoms with Crippen molar-refractivity contribution in [1.82, 2.24) is 0 Å². The van der Waals surface area contributed by atoms with Crippen molar-refractivity contribution in [2.24, 2.45) is 11.8 Å². The third-order valence-electron chi connectivity index (χ3n) is 13.7. The van der Waals surface area contributed by atoms with E-state index in [0.717, 1.165) is 69.6 Å². The highest BCUT2D eigenvalue weighted by Gasteiger charge is 2.19. The first-order chi connectivity index (χ1) is 32.2. The van der Waals surface area contributed by atoms with Gasteiger partial charge in [-0.3, -0.25) is 14.4 Å². The van der Waals surface area contributed by atoms with E-state index < -0.39 is 6.10 Å². The Morgan fingerprint density at radius 3 is 0.742 bits per heavy atom. The average molecular weight is 934 g/mol. The van der Waals surface area contributed by atoms with Crippen LogP contribution in [0.3, 0.4) is 0 Å². The van der Waals surface area contributed by atoms with Gasteiger partial charge in [0.25, 0.3) is 0 Å². The number of rotatable bonds is 54. The van der Waals surface area contributed by atoms with Gasteiger partial charge < -0.3 is 14.2 Å². The van der Waals surface area contributed by atoms with E-state index in [-0.39, 0.29) is 31.1 Å². The lowest BCUT2D eigenvalue weighted by atomic mass is 10.0. The van der Waals surface area contributed by atoms with Crippen LogP contribution in [0.15, 0.2) is 0 Å². The Bertz CT molecular complexity index is 1010. The highest BCUT2D eigenvalue weighted by Crippen LogP contribution is 2.18. The van der Waals surface area contributed by atoms with Gasteiger partial charge in [-0.1, -0.05) is 298 Å². The molecule has 0 aromatic rings. The van der Waals surface area contributed by atoms with Crippen LogP contribution in [-0.2, 0) is 28.6 Å². The number of hydrogen-bond donors (Lipinski definition) is 0. The van der Waals surface area contributed by atoms with E-state index in [1.807, 2.05) is 0 Å². The molecule has 392 valence electrons. The molecule has 0 rings (SSSR count). The molecule has 0 fully saturated rings. The van der Waals surface area contributed by atoms with Crippen LogP contribution in [0.25, 0.3) is 0 Å². The molecule has 0 spiro atoms. The van der Waals surface area contributed by atoms with Crippen LogP contribution in [0.5, 0.6) is 0 Å². The molecule has 0 N–H and O–H groups in total. The van der Waals surface area contributed by atoms with E-state index in [0.29, 0.717) is 19.3 Å². The smallest absolute Gasteiger partial charge is 0.306 e. The molecule has 1 atom stereocenters. The number of carbonyl (C=O) groups is 3. The lowest BCUT2D eigenvalue weighted by Gasteiger charge is -2.18. The van der Waals surface area contributed by atoms with Crippen LogP contribution in [-0.4, -0.2) is 37.2 Å². The molecule has 0 radical (unpaired) electrons. The Morgan fingerprint density at radius 2 is 0.500 bits per heavy atom. The highest BCUT2D eigenvalue weighted by atomic mass is 16.6. The zero-order valence-electron chi connectivity index (χ0n) is 45.3. The number of ether oxygens (including phenoxy) is 3. The van der Waals surface area contributed by atoms with Gasteiger partial charge in [-0.25, -0.2) is 0 Å². The van der Waals surface area contributed by atoms with E-state index in [1.54, 1.807) is 0 Å². The standard InChI is InChI=1S/C60H116O6/c1-6-7-8-9-10-11-12-13-14-20-24-27-30-37-42-47-52-60(63)66-57(54-65-59(62)51-46-41-36-32-31-34-39-44-49-56(4)5)53-64-58(61)50-45-40-35-29-26-23-21-18-16-15-17-19-22-25-28-33-38-43-48-55(2)3/h55-57H,6-54H2,1-5H3/t57-/m1/s1. The lowest BCUT2D eigenvalue weighted by Crippen LogP contribution is -2.30. The van der Waals surface area contributed by atoms with Gasteiger partial charge in [-0.15, -0.1) is 0 Å². The van der Waals surface area contributed by atoms with Gasteiger partial charge in [-0.05, 0) is 31.1 Å². The molecule has 0 aromatic heterocycles. The SMILES string of the molecule is CCCCCCCCCCCCCCCCCCC(=O)O[C@H](COC(=O)CCCCCCCCCCCCCCCCCCCCC(C)C)COC(=O)CCCCCCCCCCC(C)C. The van der Waals surface area contributed by atoms with Crippen molar-refractivity contribution >= 4 is 17.9 Å². The second-order valence-corrected chi connectivity index (χ2v) is 21.6. The molecule has 0 bridgehead atoms. The van der Waals surface area contributed by atoms with Crippen LogP contribution < -0.4 is 0 Å². The topological polar surface area (TPSA) is 78.9 Å². The highest BCUT2D eigenvalue weighted by molar-refractivity contribution is 5.71. The average Bonchev–Trinajstić information content (AvgIpc) is 3.29. The summed E-state index contributed by atoms with van der Waals surface area (Å²) in [5.74, 6) is 0.816. The van der Waals surface area contributed by atoms with E-state index in [1.165, 1.54) is 225 Å². The number of carbonyl (C=O) groups excluding carboxylic acids is 3. The Balaban J connectivity index is 4.22. The molecule has 6 nitrogen and oxygen atoms in total. The van der Waals surface area contributed by atoms with Gasteiger partial charge in [0, 0.05) is 19.3 Å². The third-order valence-corrected chi connectivity index (χ3v) is 13.7. The summed E-state index contributed by atoms with van der Waals surface area (Å²) in [7, 11) is 0. The zero-order chi connectivity index (χ0) is 48.2. The molecule has 0 heterocycles. The fourth-order valence-corrected chi connectivity index (χ4v) is 9.23. The molecule has 0 amide bonds. The maximum atomic E-state index is 12.8. The fourth-order valence-electron chi connectivity index (χ4n) is 9.23. The molecule has 0 aromatic carbocycles. The second-order valence-electron chi connectivity index (χ2n) is 21.6. The second kappa shape index (κ2) is 52.8. The van der Waals surface area contributed by atoms with E-state index in [4.69, 9.17) is 14.2 Å². The summed E-state index contributed by atoms with van der Waals surface area (Å²) in [5.41, 5.74) is 0. The molecule has 0 aliphatic carbocycles. The van der Waals surface area contributed by atoms with Crippen molar-refractivity contribution < 1.29 is 28.6 Å². The molecule has 0 aliphatic rings. The predicted molar refractivity (Wildman–Crippen MR) is 284 cm³/mol. The maximum absolute atomic E-state index is 12.8. The Labute approximate surface area is 412 Å². The van der Waals surface area contributed by atoms with Crippen LogP contribution in [0.2, 0.25) is 0 Å². The molecule has 66 heavy (non-hydrogen) atoms. The molecule has 0 saturated heterocycles. The summed E-state index contributed by atoms with van der Waals surface area (Å²) in [5, 5.41) is 0. The summed E-state index contributed by atoms with van der Waals surface area (Å²) >= 11 is 0. The summed E-state index contributed by atoms with van der Waals surface area (Å²) in [6.45, 7) is 11.4. The molecule has 0 aliphatic heterocycles. The maximum Gasteiger partial charge on any atom is 0.306 e. The number of esters is 3. The van der Waals surface area contributed by atoms with Crippen LogP contribution in [0.4, 0.5) is 0 Å². The van der Waals surface area contributed by atoms with Crippen molar-refractivity contribution in [1.29, 1.82) is 0 Å². The third kappa shape index (κ3) is 53.4. The predicted octanol–water partition coefficient (Wildman–Crippen LogP) is 19.7. The van der Waals surface area contributed by atoms with E-state index in [9.17, 15) is 14.4 Å². The van der Waals surface area contributed by atoms with Gasteiger partial charge >= 0.3 is 17.9 Å². The molecule has 6 heteroatoms. The van der Waals surface area contributed by atoms with Crippen LogP contribution >= 0.6 is 0 Å². The Hall–Kier alpha value is -1.59.